The van der Waals surface area contributed by atoms with Gasteiger partial charge in [-0.05, 0) is 12.0 Å². The lowest BCUT2D eigenvalue weighted by atomic mass is 10.0. The van der Waals surface area contributed by atoms with Crippen molar-refractivity contribution < 1.29 is 9.84 Å². The van der Waals surface area contributed by atoms with E-state index >= 15 is 0 Å². The van der Waals surface area contributed by atoms with Gasteiger partial charge < -0.3 is 9.84 Å². The second-order valence-electron chi connectivity index (χ2n) is 6.66. The molecule has 0 radical (unpaired) electrons. The molecule has 3 unspecified atom stereocenters. The lowest BCUT2D eigenvalue weighted by Gasteiger charge is -2.02. The van der Waals surface area contributed by atoms with E-state index in [9.17, 15) is 5.11 Å². The highest BCUT2D eigenvalue weighted by atomic mass is 16.6. The van der Waals surface area contributed by atoms with E-state index in [4.69, 9.17) is 4.74 Å². The first-order valence-electron chi connectivity index (χ1n) is 9.38. The monoisotopic (exact) mass is 316 g/mol. The number of aliphatic hydroxyl groups is 1. The highest BCUT2D eigenvalue weighted by molar-refractivity contribution is 5.49. The van der Waals surface area contributed by atoms with Crippen LogP contribution in [0.5, 0.6) is 0 Å². The predicted molar refractivity (Wildman–Crippen MR) is 97.4 cm³/mol. The van der Waals surface area contributed by atoms with Gasteiger partial charge in [0.05, 0.1) is 6.10 Å². The minimum atomic E-state index is -0.478. The average molecular weight is 316 g/mol. The minimum Gasteiger partial charge on any atom is -0.386 e. The number of epoxide rings is 1. The first-order chi connectivity index (χ1) is 11.3. The van der Waals surface area contributed by atoms with Gasteiger partial charge in [0.15, 0.2) is 0 Å². The summed E-state index contributed by atoms with van der Waals surface area (Å²) in [5.41, 5.74) is 1.12. The molecule has 0 aromatic heterocycles. The van der Waals surface area contributed by atoms with Gasteiger partial charge in [0.25, 0.3) is 0 Å². The second kappa shape index (κ2) is 10.6. The Balaban J connectivity index is 1.51. The molecule has 1 N–H and O–H groups in total. The fourth-order valence-corrected chi connectivity index (χ4v) is 3.05. The van der Waals surface area contributed by atoms with E-state index in [0.717, 1.165) is 12.0 Å². The Hall–Kier alpha value is -1.12. The van der Waals surface area contributed by atoms with E-state index < -0.39 is 6.10 Å². The highest BCUT2D eigenvalue weighted by Gasteiger charge is 2.42. The van der Waals surface area contributed by atoms with Crippen LogP contribution >= 0.6 is 0 Å². The lowest BCUT2D eigenvalue weighted by Crippen LogP contribution is -2.13. The third kappa shape index (κ3) is 7.32. The molecule has 1 saturated heterocycles. The molecule has 1 aromatic carbocycles. The molecule has 0 aliphatic carbocycles. The molecule has 0 saturated carbocycles. The Kier molecular flexibility index (Phi) is 8.41. The van der Waals surface area contributed by atoms with Crippen LogP contribution in [0, 0.1) is 0 Å². The zero-order chi connectivity index (χ0) is 16.3. The van der Waals surface area contributed by atoms with Gasteiger partial charge in [-0.2, -0.15) is 0 Å². The number of ether oxygens (including phenoxy) is 1. The summed E-state index contributed by atoms with van der Waals surface area (Å²) >= 11 is 0. The van der Waals surface area contributed by atoms with E-state index in [2.05, 4.69) is 6.92 Å². The molecule has 128 valence electrons. The Morgan fingerprint density at radius 1 is 1.00 bits per heavy atom. The summed E-state index contributed by atoms with van der Waals surface area (Å²) in [6.45, 7) is 2.26. The maximum Gasteiger partial charge on any atom is 0.114 e. The Labute approximate surface area is 141 Å². The van der Waals surface area contributed by atoms with Crippen molar-refractivity contribution >= 4 is 6.08 Å². The molecular weight excluding hydrogens is 284 g/mol. The highest BCUT2D eigenvalue weighted by Crippen LogP contribution is 2.31. The topological polar surface area (TPSA) is 32.8 Å². The fourth-order valence-electron chi connectivity index (χ4n) is 3.05. The van der Waals surface area contributed by atoms with Gasteiger partial charge in [-0.3, -0.25) is 0 Å². The van der Waals surface area contributed by atoms with E-state index in [-0.39, 0.29) is 12.2 Å². The van der Waals surface area contributed by atoms with Crippen molar-refractivity contribution in [1.82, 2.24) is 0 Å². The Morgan fingerprint density at radius 2 is 1.65 bits per heavy atom. The van der Waals surface area contributed by atoms with Crippen LogP contribution in [0.1, 0.15) is 70.3 Å². The van der Waals surface area contributed by atoms with Gasteiger partial charge in [-0.1, -0.05) is 101 Å². The fraction of sp³-hybridized carbons (Fsp3) is 0.619. The van der Waals surface area contributed by atoms with Crippen LogP contribution in [0.15, 0.2) is 36.4 Å². The third-order valence-electron chi connectivity index (χ3n) is 4.59. The molecule has 0 amide bonds. The maximum atomic E-state index is 10.1. The Bertz CT molecular complexity index is 440. The lowest BCUT2D eigenvalue weighted by molar-refractivity contribution is 0.178. The number of benzene rings is 1. The van der Waals surface area contributed by atoms with Crippen molar-refractivity contribution in [2.75, 3.05) is 0 Å². The van der Waals surface area contributed by atoms with Crippen molar-refractivity contribution in [1.29, 1.82) is 0 Å². The van der Waals surface area contributed by atoms with Crippen LogP contribution in [0.3, 0.4) is 0 Å². The molecule has 1 heterocycles. The minimum absolute atomic E-state index is 0.0134. The van der Waals surface area contributed by atoms with E-state index in [1.54, 1.807) is 0 Å². The molecule has 2 rings (SSSR count). The number of rotatable bonds is 12. The molecule has 1 aliphatic rings. The van der Waals surface area contributed by atoms with Crippen molar-refractivity contribution in [3.8, 4) is 0 Å². The summed E-state index contributed by atoms with van der Waals surface area (Å²) in [4.78, 5) is 0. The maximum absolute atomic E-state index is 10.1. The van der Waals surface area contributed by atoms with Crippen LogP contribution in [-0.2, 0) is 4.74 Å². The number of aliphatic hydroxyl groups excluding tert-OH is 1. The number of unbranched alkanes of at least 4 members (excludes halogenated alkanes) is 7. The van der Waals surface area contributed by atoms with Crippen LogP contribution in [0.4, 0.5) is 0 Å². The summed E-state index contributed by atoms with van der Waals surface area (Å²) in [5.74, 6) is 0. The van der Waals surface area contributed by atoms with Gasteiger partial charge in [-0.25, -0.2) is 0 Å². The molecule has 1 fully saturated rings. The third-order valence-corrected chi connectivity index (χ3v) is 4.59. The van der Waals surface area contributed by atoms with Gasteiger partial charge in [0.2, 0.25) is 0 Å². The zero-order valence-electron chi connectivity index (χ0n) is 14.5. The molecular formula is C21H32O2. The van der Waals surface area contributed by atoms with Crippen LogP contribution in [0.2, 0.25) is 0 Å². The molecule has 2 nitrogen and oxygen atoms in total. The van der Waals surface area contributed by atoms with Gasteiger partial charge >= 0.3 is 0 Å². The molecule has 0 bridgehead atoms. The summed E-state index contributed by atoms with van der Waals surface area (Å²) in [6, 6.07) is 10.1. The van der Waals surface area contributed by atoms with Gasteiger partial charge in [0.1, 0.15) is 12.2 Å². The molecule has 1 aromatic rings. The normalized spacial score (nSPS) is 21.7. The Morgan fingerprint density at radius 3 is 2.35 bits per heavy atom. The molecule has 1 aliphatic heterocycles. The number of hydrogen-bond donors (Lipinski definition) is 1. The molecule has 0 spiro atoms. The van der Waals surface area contributed by atoms with Crippen LogP contribution < -0.4 is 0 Å². The largest absolute Gasteiger partial charge is 0.386 e. The molecule has 3 atom stereocenters. The van der Waals surface area contributed by atoms with E-state index in [1.165, 1.54) is 51.4 Å². The van der Waals surface area contributed by atoms with E-state index in [1.807, 2.05) is 42.5 Å². The standard InChI is InChI=1S/C21H32O2/c1-2-3-4-5-6-7-8-12-15-20-21(23-20)19(22)17-16-18-13-10-9-11-14-18/h9-11,13-14,16-17,19-22H,2-8,12,15H2,1H3/b17-16+. The first kappa shape index (κ1) is 18.2. The van der Waals surface area contributed by atoms with Crippen LogP contribution in [0.25, 0.3) is 6.08 Å². The van der Waals surface area contributed by atoms with Crippen molar-refractivity contribution in [2.24, 2.45) is 0 Å². The van der Waals surface area contributed by atoms with Crippen molar-refractivity contribution in [3.05, 3.63) is 42.0 Å². The summed E-state index contributed by atoms with van der Waals surface area (Å²) in [5, 5.41) is 10.1. The van der Waals surface area contributed by atoms with Gasteiger partial charge in [-0.15, -0.1) is 0 Å². The number of hydrogen-bond acceptors (Lipinski definition) is 2. The predicted octanol–water partition coefficient (Wildman–Crippen LogP) is 5.36. The van der Waals surface area contributed by atoms with Crippen molar-refractivity contribution in [2.45, 2.75) is 83.0 Å². The first-order valence-corrected chi connectivity index (χ1v) is 9.38. The van der Waals surface area contributed by atoms with Crippen LogP contribution in [-0.4, -0.2) is 23.4 Å². The summed E-state index contributed by atoms with van der Waals surface area (Å²) in [7, 11) is 0. The SMILES string of the molecule is CCCCCCCCCCC1OC1C(O)/C=C/c1ccccc1. The zero-order valence-corrected chi connectivity index (χ0v) is 14.5. The smallest absolute Gasteiger partial charge is 0.114 e. The van der Waals surface area contributed by atoms with E-state index in [0.29, 0.717) is 0 Å². The molecule has 23 heavy (non-hydrogen) atoms. The average Bonchev–Trinajstić information content (AvgIpc) is 3.36. The molecule has 2 heteroatoms. The quantitative estimate of drug-likeness (QED) is 0.416. The summed E-state index contributed by atoms with van der Waals surface area (Å²) in [6.07, 6.45) is 15.5. The van der Waals surface area contributed by atoms with Gasteiger partial charge in [0, 0.05) is 0 Å². The second-order valence-corrected chi connectivity index (χ2v) is 6.66. The van der Waals surface area contributed by atoms with Crippen molar-refractivity contribution in [3.63, 3.8) is 0 Å². The summed E-state index contributed by atoms with van der Waals surface area (Å²) < 4.78 is 5.63.